The summed E-state index contributed by atoms with van der Waals surface area (Å²) in [5.41, 5.74) is 4.35. The second-order valence-corrected chi connectivity index (χ2v) is 13.9. The Morgan fingerprint density at radius 3 is 0.951 bits per heavy atom. The lowest BCUT2D eigenvalue weighted by Crippen LogP contribution is -2.43. The molecule has 0 bridgehead atoms. The maximum Gasteiger partial charge on any atom is 0.276 e. The minimum absolute atomic E-state index is 0.0285. The van der Waals surface area contributed by atoms with Gasteiger partial charge in [-0.25, -0.2) is 15.0 Å². The Hall–Kier alpha value is -7.93. The van der Waals surface area contributed by atoms with Gasteiger partial charge in [0.15, 0.2) is 17.1 Å². The largest absolute Gasteiger partial charge is 0.349 e. The molecule has 3 aromatic heterocycles. The Kier molecular flexibility index (Phi) is 14.1. The monoisotopic (exact) mass is 827 g/mol. The summed E-state index contributed by atoms with van der Waals surface area (Å²) in [6.07, 6.45) is 3.77. The first-order valence-corrected chi connectivity index (χ1v) is 19.3. The SMILES string of the molecule is Cc1ccc(NC(=O)c2nc[nH]c2C(=O)NCCN(CCNC(=O)c2[nH]cnc2C(=O)Nc2ccc(C)cc2)CCNC(=O)c2[nH]cnc2C(=O)Nc2ccc(C)cc2)cc1. The number of aromatic nitrogens is 6. The summed E-state index contributed by atoms with van der Waals surface area (Å²) < 4.78 is 0. The van der Waals surface area contributed by atoms with Gasteiger partial charge in [0.1, 0.15) is 17.1 Å². The molecule has 0 saturated carbocycles. The van der Waals surface area contributed by atoms with Crippen LogP contribution in [-0.2, 0) is 0 Å². The Bertz CT molecular complexity index is 2210. The molecule has 9 N–H and O–H groups in total. The van der Waals surface area contributed by atoms with Crippen LogP contribution in [0.25, 0.3) is 0 Å². The van der Waals surface area contributed by atoms with E-state index in [4.69, 9.17) is 0 Å². The third-order valence-corrected chi connectivity index (χ3v) is 9.31. The van der Waals surface area contributed by atoms with Gasteiger partial charge in [0.2, 0.25) is 0 Å². The molecule has 0 aliphatic carbocycles. The minimum atomic E-state index is -0.570. The van der Waals surface area contributed by atoms with Crippen molar-refractivity contribution in [2.75, 3.05) is 55.2 Å². The predicted molar refractivity (Wildman–Crippen MR) is 227 cm³/mol. The van der Waals surface area contributed by atoms with Crippen LogP contribution in [0.1, 0.15) is 79.6 Å². The summed E-state index contributed by atoms with van der Waals surface area (Å²) in [7, 11) is 0. The van der Waals surface area contributed by atoms with Crippen LogP contribution in [0.4, 0.5) is 17.1 Å². The van der Waals surface area contributed by atoms with Gasteiger partial charge in [-0.15, -0.1) is 0 Å². The van der Waals surface area contributed by atoms with Gasteiger partial charge in [-0.1, -0.05) is 53.1 Å². The van der Waals surface area contributed by atoms with Crippen LogP contribution < -0.4 is 31.9 Å². The number of anilines is 3. The number of aryl methyl sites for hydroxylation is 3. The van der Waals surface area contributed by atoms with Crippen LogP contribution in [0.3, 0.4) is 0 Å². The van der Waals surface area contributed by atoms with Crippen molar-refractivity contribution in [2.45, 2.75) is 20.8 Å². The van der Waals surface area contributed by atoms with Crippen molar-refractivity contribution >= 4 is 52.5 Å². The molecule has 0 aliphatic heterocycles. The number of H-pyrrole nitrogens is 3. The quantitative estimate of drug-likeness (QED) is 0.0610. The number of hydrogen-bond acceptors (Lipinski definition) is 10. The van der Waals surface area contributed by atoms with Crippen molar-refractivity contribution in [2.24, 2.45) is 0 Å². The molecule has 19 nitrogen and oxygen atoms in total. The van der Waals surface area contributed by atoms with E-state index in [0.717, 1.165) is 16.7 Å². The minimum Gasteiger partial charge on any atom is -0.349 e. The zero-order valence-corrected chi connectivity index (χ0v) is 33.6. The van der Waals surface area contributed by atoms with Crippen LogP contribution >= 0.6 is 0 Å². The van der Waals surface area contributed by atoms with Gasteiger partial charge in [0.05, 0.1) is 19.0 Å². The fourth-order valence-corrected chi connectivity index (χ4v) is 5.98. The number of carbonyl (C=O) groups is 6. The first kappa shape index (κ1) is 42.7. The molecule has 0 aliphatic rings. The van der Waals surface area contributed by atoms with E-state index in [-0.39, 0.29) is 73.4 Å². The number of aromatic amines is 3. The number of carbonyl (C=O) groups excluding carboxylic acids is 6. The van der Waals surface area contributed by atoms with Crippen LogP contribution in [-0.4, -0.2) is 110 Å². The zero-order chi connectivity index (χ0) is 43.3. The number of imidazole rings is 3. The van der Waals surface area contributed by atoms with E-state index in [1.807, 2.05) is 62.1 Å². The highest BCUT2D eigenvalue weighted by molar-refractivity contribution is 6.11. The second-order valence-electron chi connectivity index (χ2n) is 13.9. The van der Waals surface area contributed by atoms with Gasteiger partial charge in [-0.3, -0.25) is 33.7 Å². The van der Waals surface area contributed by atoms with Gasteiger partial charge >= 0.3 is 0 Å². The Morgan fingerprint density at radius 1 is 0.426 bits per heavy atom. The molecule has 6 amide bonds. The zero-order valence-electron chi connectivity index (χ0n) is 33.6. The maximum absolute atomic E-state index is 13.2. The van der Waals surface area contributed by atoms with Crippen molar-refractivity contribution in [3.05, 3.63) is 143 Å². The molecule has 0 atom stereocenters. The molecule has 6 rings (SSSR count). The lowest BCUT2D eigenvalue weighted by molar-refractivity contribution is 0.0922. The number of nitrogens with zero attached hydrogens (tertiary/aromatic N) is 4. The van der Waals surface area contributed by atoms with Crippen LogP contribution in [0.15, 0.2) is 91.8 Å². The van der Waals surface area contributed by atoms with E-state index in [1.54, 1.807) is 36.4 Å². The molecule has 0 unspecified atom stereocenters. The number of benzene rings is 3. The number of amides is 6. The van der Waals surface area contributed by atoms with Gasteiger partial charge in [0, 0.05) is 56.3 Å². The highest BCUT2D eigenvalue weighted by Crippen LogP contribution is 2.15. The van der Waals surface area contributed by atoms with Crippen molar-refractivity contribution in [3.8, 4) is 0 Å². The van der Waals surface area contributed by atoms with E-state index >= 15 is 0 Å². The molecule has 314 valence electrons. The molecule has 19 heteroatoms. The average Bonchev–Trinajstić information content (AvgIpc) is 4.05. The van der Waals surface area contributed by atoms with Crippen LogP contribution in [0, 0.1) is 20.8 Å². The number of rotatable bonds is 18. The average molecular weight is 828 g/mol. The van der Waals surface area contributed by atoms with Gasteiger partial charge in [0.25, 0.3) is 35.4 Å². The molecule has 3 aromatic carbocycles. The fraction of sp³-hybridized carbons (Fsp3) is 0.214. The fourth-order valence-electron chi connectivity index (χ4n) is 5.98. The van der Waals surface area contributed by atoms with E-state index in [1.165, 1.54) is 19.0 Å². The molecule has 0 spiro atoms. The summed E-state index contributed by atoms with van der Waals surface area (Å²) in [5.74, 6) is -3.41. The van der Waals surface area contributed by atoms with Crippen molar-refractivity contribution in [1.29, 1.82) is 0 Å². The molecule has 0 saturated heterocycles. The molecule has 0 radical (unpaired) electrons. The third kappa shape index (κ3) is 11.6. The van der Waals surface area contributed by atoms with E-state index in [9.17, 15) is 28.8 Å². The topological polar surface area (TPSA) is 264 Å². The molecular weight excluding hydrogens is 783 g/mol. The standard InChI is InChI=1S/C42H45N13O6/c1-25-4-10-28(11-5-25)52-40(59)34-31(46-22-49-34)37(56)43-16-19-55(20-17-44-38(57)32-35(50-23-47-32)41(60)53-29-12-6-26(2)7-13-29)21-18-45-39(58)33-36(51-24-48-33)42(61)54-30-14-8-27(3)9-15-30/h4-15,22-24H,16-21H2,1-3H3,(H,43,56)(H,44,57)(H,45,58)(H,46,49)(H,47,50)(H,48,51)(H,52,59)(H,53,60)(H,54,61). The molecule has 0 fully saturated rings. The molecular formula is C42H45N13O6. The smallest absolute Gasteiger partial charge is 0.276 e. The second kappa shape index (κ2) is 20.2. The number of hydrogen-bond donors (Lipinski definition) is 9. The van der Waals surface area contributed by atoms with Crippen molar-refractivity contribution in [1.82, 2.24) is 50.8 Å². The maximum atomic E-state index is 13.2. The summed E-state index contributed by atoms with van der Waals surface area (Å²) in [6, 6.07) is 21.5. The summed E-state index contributed by atoms with van der Waals surface area (Å²) in [5, 5.41) is 16.6. The van der Waals surface area contributed by atoms with Crippen LogP contribution in [0.2, 0.25) is 0 Å². The van der Waals surface area contributed by atoms with Gasteiger partial charge in [-0.05, 0) is 57.2 Å². The summed E-state index contributed by atoms with van der Waals surface area (Å²) in [4.78, 5) is 101. The molecule has 3 heterocycles. The van der Waals surface area contributed by atoms with E-state index in [2.05, 4.69) is 61.8 Å². The third-order valence-electron chi connectivity index (χ3n) is 9.31. The Balaban J connectivity index is 1.06. The highest BCUT2D eigenvalue weighted by atomic mass is 16.2. The van der Waals surface area contributed by atoms with Gasteiger partial charge < -0.3 is 46.9 Å². The van der Waals surface area contributed by atoms with E-state index < -0.39 is 35.4 Å². The predicted octanol–water partition coefficient (Wildman–Crippen LogP) is 3.43. The lowest BCUT2D eigenvalue weighted by Gasteiger charge is -2.23. The van der Waals surface area contributed by atoms with Crippen molar-refractivity contribution in [3.63, 3.8) is 0 Å². The number of nitrogens with one attached hydrogen (secondary N) is 9. The summed E-state index contributed by atoms with van der Waals surface area (Å²) >= 11 is 0. The van der Waals surface area contributed by atoms with Crippen LogP contribution in [0.5, 0.6) is 0 Å². The molecule has 61 heavy (non-hydrogen) atoms. The van der Waals surface area contributed by atoms with Crippen molar-refractivity contribution < 1.29 is 28.8 Å². The normalized spacial score (nSPS) is 10.8. The first-order valence-electron chi connectivity index (χ1n) is 19.3. The van der Waals surface area contributed by atoms with E-state index in [0.29, 0.717) is 17.1 Å². The molecule has 6 aromatic rings. The van der Waals surface area contributed by atoms with Gasteiger partial charge in [-0.2, -0.15) is 0 Å². The first-order chi connectivity index (χ1) is 29.4. The Morgan fingerprint density at radius 2 is 0.689 bits per heavy atom. The Labute approximate surface area is 350 Å². The lowest BCUT2D eigenvalue weighted by atomic mass is 10.2. The highest BCUT2D eigenvalue weighted by Gasteiger charge is 2.24. The summed E-state index contributed by atoms with van der Waals surface area (Å²) in [6.45, 7) is 6.83.